The highest BCUT2D eigenvalue weighted by molar-refractivity contribution is 6.30. The summed E-state index contributed by atoms with van der Waals surface area (Å²) in [6, 6.07) is 10.4. The molecule has 0 bridgehead atoms. The molecule has 0 aliphatic carbocycles. The van der Waals surface area contributed by atoms with Crippen LogP contribution in [-0.4, -0.2) is 11.8 Å². The zero-order chi connectivity index (χ0) is 15.6. The summed E-state index contributed by atoms with van der Waals surface area (Å²) < 4.78 is 0. The molecule has 1 aromatic carbocycles. The minimum absolute atomic E-state index is 0.310. The molecule has 0 aromatic heterocycles. The van der Waals surface area contributed by atoms with Crippen molar-refractivity contribution in [2.24, 2.45) is 11.8 Å². The zero-order valence-electron chi connectivity index (χ0n) is 11.3. The molecule has 1 N–H and O–H groups in total. The molecule has 2 amide bonds. The van der Waals surface area contributed by atoms with Gasteiger partial charge in [-0.15, -0.1) is 0 Å². The predicted octanol–water partition coefficient (Wildman–Crippen LogP) is 1.92. The Morgan fingerprint density at radius 3 is 2.00 bits per heavy atom. The van der Waals surface area contributed by atoms with Crippen LogP contribution < -0.4 is 5.32 Å². The smallest absolute Gasteiger partial charge is 0.244 e. The number of nitriles is 2. The summed E-state index contributed by atoms with van der Waals surface area (Å²) in [7, 11) is 0. The molecule has 106 valence electrons. The van der Waals surface area contributed by atoms with Gasteiger partial charge in [0.15, 0.2) is 0 Å². The third kappa shape index (κ3) is 2.16. The summed E-state index contributed by atoms with van der Waals surface area (Å²) in [5.41, 5.74) is -0.566. The summed E-state index contributed by atoms with van der Waals surface area (Å²) in [6.45, 7) is 1.76. The van der Waals surface area contributed by atoms with Gasteiger partial charge in [-0.2, -0.15) is 10.5 Å². The van der Waals surface area contributed by atoms with E-state index in [0.29, 0.717) is 17.0 Å². The topological polar surface area (TPSA) is 93.8 Å². The number of benzene rings is 1. The number of hydrogen-bond acceptors (Lipinski definition) is 4. The monoisotopic (exact) mass is 301 g/mol. The summed E-state index contributed by atoms with van der Waals surface area (Å²) >= 11 is 5.86. The molecular weight excluding hydrogens is 290 g/mol. The number of hydrogen-bond donors (Lipinski definition) is 1. The highest BCUT2D eigenvalue weighted by Gasteiger charge is 2.56. The summed E-state index contributed by atoms with van der Waals surface area (Å²) in [5, 5.41) is 21.4. The Bertz CT molecular complexity index is 638. The maximum Gasteiger partial charge on any atom is 0.244 e. The van der Waals surface area contributed by atoms with Gasteiger partial charge in [-0.25, -0.2) is 0 Å². The molecule has 1 aliphatic heterocycles. The van der Waals surface area contributed by atoms with Crippen LogP contribution in [0.1, 0.15) is 18.9 Å². The van der Waals surface area contributed by atoms with Crippen LogP contribution in [0.4, 0.5) is 0 Å². The Balaban J connectivity index is 2.72. The number of carbonyl (C=O) groups is 2. The van der Waals surface area contributed by atoms with Gasteiger partial charge < -0.3 is 0 Å². The Hall–Kier alpha value is -2.37. The average Bonchev–Trinajstić information content (AvgIpc) is 2.47. The van der Waals surface area contributed by atoms with Gasteiger partial charge in [0.1, 0.15) is 11.8 Å². The number of piperidine rings is 1. The second kappa shape index (κ2) is 5.55. The minimum atomic E-state index is -1.16. The van der Waals surface area contributed by atoms with Crippen LogP contribution in [-0.2, 0) is 15.0 Å². The summed E-state index contributed by atoms with van der Waals surface area (Å²) in [4.78, 5) is 24.0. The van der Waals surface area contributed by atoms with Gasteiger partial charge in [0.05, 0.1) is 12.1 Å². The van der Waals surface area contributed by atoms with Crippen LogP contribution in [0.25, 0.3) is 0 Å². The van der Waals surface area contributed by atoms with Crippen LogP contribution in [0.3, 0.4) is 0 Å². The molecule has 21 heavy (non-hydrogen) atoms. The fourth-order valence-corrected chi connectivity index (χ4v) is 3.08. The molecule has 2 rings (SSSR count). The molecular formula is C15H12ClN3O2. The molecule has 1 aromatic rings. The minimum Gasteiger partial charge on any atom is -0.294 e. The lowest BCUT2D eigenvalue weighted by atomic mass is 9.59. The standard InChI is InChI=1S/C15H12ClN3O2/c1-2-15(9-3-5-10(16)6-4-9)11(7-17)13(20)19-14(21)12(15)8-18/h3-6,11-12H,2H2,1H3,(H,19,20,21)/t11-,12-/m0/s1. The van der Waals surface area contributed by atoms with Crippen molar-refractivity contribution in [3.8, 4) is 12.1 Å². The van der Waals surface area contributed by atoms with E-state index in [9.17, 15) is 20.1 Å². The highest BCUT2D eigenvalue weighted by atomic mass is 35.5. The maximum absolute atomic E-state index is 12.0. The molecule has 1 aliphatic rings. The maximum atomic E-state index is 12.0. The Morgan fingerprint density at radius 2 is 1.62 bits per heavy atom. The lowest BCUT2D eigenvalue weighted by Gasteiger charge is -2.42. The quantitative estimate of drug-likeness (QED) is 0.844. The SMILES string of the molecule is CCC1(c2ccc(Cl)cc2)[C@@H](C#N)C(=O)NC(=O)[C@@H]1C#N. The van der Waals surface area contributed by atoms with E-state index < -0.39 is 29.1 Å². The first-order chi connectivity index (χ1) is 10.0. The fourth-order valence-electron chi connectivity index (χ4n) is 2.95. The molecule has 1 saturated heterocycles. The van der Waals surface area contributed by atoms with E-state index in [0.717, 1.165) is 0 Å². The van der Waals surface area contributed by atoms with Gasteiger partial charge in [-0.3, -0.25) is 14.9 Å². The van der Waals surface area contributed by atoms with E-state index in [2.05, 4.69) is 5.32 Å². The summed E-state index contributed by atoms with van der Waals surface area (Å²) in [6.07, 6.45) is 0.310. The van der Waals surface area contributed by atoms with E-state index in [-0.39, 0.29) is 0 Å². The first kappa shape index (κ1) is 15.0. The highest BCUT2D eigenvalue weighted by Crippen LogP contribution is 2.45. The van der Waals surface area contributed by atoms with Gasteiger partial charge >= 0.3 is 0 Å². The third-order valence-electron chi connectivity index (χ3n) is 4.03. The van der Waals surface area contributed by atoms with E-state index >= 15 is 0 Å². The van der Waals surface area contributed by atoms with Gasteiger partial charge in [-0.1, -0.05) is 30.7 Å². The molecule has 1 heterocycles. The van der Waals surface area contributed by atoms with Crippen molar-refractivity contribution in [2.45, 2.75) is 18.8 Å². The molecule has 1 fully saturated rings. The van der Waals surface area contributed by atoms with Crippen molar-refractivity contribution in [3.63, 3.8) is 0 Å². The van der Waals surface area contributed by atoms with Crippen LogP contribution in [0.5, 0.6) is 0 Å². The van der Waals surface area contributed by atoms with Crippen LogP contribution >= 0.6 is 11.6 Å². The number of nitrogens with zero attached hydrogens (tertiary/aromatic N) is 2. The number of nitrogens with one attached hydrogen (secondary N) is 1. The number of imide groups is 1. The Kier molecular flexibility index (Phi) is 3.97. The number of amides is 2. The molecule has 2 atom stereocenters. The van der Waals surface area contributed by atoms with E-state index in [1.165, 1.54) is 0 Å². The molecule has 0 unspecified atom stereocenters. The second-order valence-corrected chi connectivity index (χ2v) is 5.31. The lowest BCUT2D eigenvalue weighted by molar-refractivity contribution is -0.141. The van der Waals surface area contributed by atoms with Crippen LogP contribution in [0.2, 0.25) is 5.02 Å². The van der Waals surface area contributed by atoms with Crippen molar-refractivity contribution in [1.29, 1.82) is 10.5 Å². The number of rotatable bonds is 2. The third-order valence-corrected chi connectivity index (χ3v) is 4.28. The zero-order valence-corrected chi connectivity index (χ0v) is 12.0. The predicted molar refractivity (Wildman–Crippen MR) is 74.8 cm³/mol. The summed E-state index contributed by atoms with van der Waals surface area (Å²) in [5.74, 6) is -3.53. The fraction of sp³-hybridized carbons (Fsp3) is 0.333. The van der Waals surface area contributed by atoms with Crippen molar-refractivity contribution in [2.75, 3.05) is 0 Å². The molecule has 0 spiro atoms. The van der Waals surface area contributed by atoms with Crippen LogP contribution in [0.15, 0.2) is 24.3 Å². The van der Waals surface area contributed by atoms with E-state index in [4.69, 9.17) is 11.6 Å². The largest absolute Gasteiger partial charge is 0.294 e. The molecule has 6 heteroatoms. The normalized spacial score (nSPS) is 23.8. The first-order valence-electron chi connectivity index (χ1n) is 6.41. The molecule has 0 saturated carbocycles. The van der Waals surface area contributed by atoms with Crippen LogP contribution in [0, 0.1) is 34.5 Å². The number of carbonyl (C=O) groups excluding carboxylic acids is 2. The average molecular weight is 302 g/mol. The van der Waals surface area contributed by atoms with Crippen molar-refractivity contribution < 1.29 is 9.59 Å². The first-order valence-corrected chi connectivity index (χ1v) is 6.79. The molecule has 0 radical (unpaired) electrons. The Labute approximate surface area is 127 Å². The van der Waals surface area contributed by atoms with E-state index in [1.54, 1.807) is 31.2 Å². The second-order valence-electron chi connectivity index (χ2n) is 4.88. The van der Waals surface area contributed by atoms with Gasteiger partial charge in [-0.05, 0) is 24.1 Å². The van der Waals surface area contributed by atoms with Crippen molar-refractivity contribution >= 4 is 23.4 Å². The van der Waals surface area contributed by atoms with Gasteiger partial charge in [0.2, 0.25) is 11.8 Å². The van der Waals surface area contributed by atoms with Gasteiger partial charge in [0, 0.05) is 10.4 Å². The number of halogens is 1. The Morgan fingerprint density at radius 1 is 1.14 bits per heavy atom. The lowest BCUT2D eigenvalue weighted by Crippen LogP contribution is -2.59. The molecule has 5 nitrogen and oxygen atoms in total. The van der Waals surface area contributed by atoms with Gasteiger partial charge in [0.25, 0.3) is 0 Å². The van der Waals surface area contributed by atoms with Crippen molar-refractivity contribution in [3.05, 3.63) is 34.9 Å². The van der Waals surface area contributed by atoms with E-state index in [1.807, 2.05) is 12.1 Å². The van der Waals surface area contributed by atoms with Crippen molar-refractivity contribution in [1.82, 2.24) is 5.32 Å².